The van der Waals surface area contributed by atoms with Crippen LogP contribution in [0.15, 0.2) is 11.0 Å². The predicted molar refractivity (Wildman–Crippen MR) is 20.8 cm³/mol. The molecule has 1 nitrogen and oxygen atoms in total. The molecule has 0 bridgehead atoms. The van der Waals surface area contributed by atoms with Crippen LogP contribution in [0.25, 0.3) is 0 Å². The molecule has 0 aromatic carbocycles. The van der Waals surface area contributed by atoms with Gasteiger partial charge in [0.05, 0.1) is 6.42 Å². The highest BCUT2D eigenvalue weighted by molar-refractivity contribution is 7.70. The maximum Gasteiger partial charge on any atom is 0.500 e. The van der Waals surface area contributed by atoms with Crippen molar-refractivity contribution in [3.05, 3.63) is 11.0 Å². The van der Waals surface area contributed by atoms with Crippen LogP contribution in [0.2, 0.25) is 0 Å². The molecule has 0 saturated heterocycles. The van der Waals surface area contributed by atoms with E-state index in [2.05, 4.69) is 0 Å². The van der Waals surface area contributed by atoms with Crippen LogP contribution in [0, 0.1) is 0 Å². The molecular weight excluding hydrogens is 84.1 g/mol. The van der Waals surface area contributed by atoms with Crippen molar-refractivity contribution in [3.8, 4) is 0 Å². The standard InChI is InChI=1S/C3H3OS/c4-5-3-1-2-3/h1H,2H2/q+1. The van der Waals surface area contributed by atoms with Crippen molar-refractivity contribution >= 4 is 11.7 Å². The van der Waals surface area contributed by atoms with Crippen molar-refractivity contribution in [2.24, 2.45) is 0 Å². The molecule has 26 valence electrons. The first kappa shape index (κ1) is 2.97. The molecule has 0 amide bonds. The number of hydrogen-bond acceptors (Lipinski definition) is 1. The zero-order valence-electron chi connectivity index (χ0n) is 2.60. The van der Waals surface area contributed by atoms with Crippen LogP contribution in [0.4, 0.5) is 0 Å². The lowest BCUT2D eigenvalue weighted by atomic mass is 10.9. The molecule has 0 aliphatic heterocycles. The fraction of sp³-hybridized carbons (Fsp3) is 0.333. The fourth-order valence-corrected chi connectivity index (χ4v) is 0.329. The first-order chi connectivity index (χ1) is 2.43. The second-order valence-electron chi connectivity index (χ2n) is 0.958. The summed E-state index contributed by atoms with van der Waals surface area (Å²) >= 11 is 0.602. The van der Waals surface area contributed by atoms with E-state index in [0.29, 0.717) is 11.7 Å². The molecule has 0 N–H and O–H groups in total. The minimum absolute atomic E-state index is 0.602. The second-order valence-corrected chi connectivity index (χ2v) is 1.65. The van der Waals surface area contributed by atoms with Crippen LogP contribution in [0.5, 0.6) is 0 Å². The summed E-state index contributed by atoms with van der Waals surface area (Å²) in [5.41, 5.74) is 0. The molecule has 0 heterocycles. The van der Waals surface area contributed by atoms with E-state index in [1.807, 2.05) is 6.08 Å². The Bertz CT molecular complexity index is 82.1. The molecule has 0 aromatic rings. The molecule has 0 fully saturated rings. The van der Waals surface area contributed by atoms with Gasteiger partial charge in [-0.2, -0.15) is 0 Å². The summed E-state index contributed by atoms with van der Waals surface area (Å²) in [4.78, 5) is 0.991. The molecular formula is C3H3OS+. The maximum absolute atomic E-state index is 9.54. The van der Waals surface area contributed by atoms with Crippen molar-refractivity contribution in [3.63, 3.8) is 0 Å². The predicted octanol–water partition coefficient (Wildman–Crippen LogP) is 0.702. The van der Waals surface area contributed by atoms with Crippen LogP contribution in [-0.4, -0.2) is 0 Å². The van der Waals surface area contributed by atoms with E-state index in [9.17, 15) is 4.21 Å². The molecule has 0 saturated carbocycles. The maximum atomic E-state index is 9.54. The van der Waals surface area contributed by atoms with Gasteiger partial charge in [-0.05, 0) is 6.08 Å². The van der Waals surface area contributed by atoms with E-state index in [1.54, 1.807) is 0 Å². The summed E-state index contributed by atoms with van der Waals surface area (Å²) in [5.74, 6) is 0. The molecule has 1 aliphatic rings. The molecule has 1 aliphatic carbocycles. The average Bonchev–Trinajstić information content (AvgIpc) is 2.12. The van der Waals surface area contributed by atoms with E-state index >= 15 is 0 Å². The van der Waals surface area contributed by atoms with Gasteiger partial charge >= 0.3 is 11.7 Å². The van der Waals surface area contributed by atoms with Crippen LogP contribution in [-0.2, 0) is 15.9 Å². The largest absolute Gasteiger partial charge is 0.500 e. The van der Waals surface area contributed by atoms with Crippen LogP contribution in [0.3, 0.4) is 0 Å². The minimum atomic E-state index is 0.602. The quantitative estimate of drug-likeness (QED) is 0.430. The fourth-order valence-electron chi connectivity index (χ4n) is 0.110. The van der Waals surface area contributed by atoms with Gasteiger partial charge in [0.1, 0.15) is 0 Å². The Morgan fingerprint density at radius 2 is 2.60 bits per heavy atom. The van der Waals surface area contributed by atoms with Gasteiger partial charge in [0.15, 0.2) is 0 Å². The summed E-state index contributed by atoms with van der Waals surface area (Å²) in [5, 5.41) is 0. The highest BCUT2D eigenvalue weighted by Gasteiger charge is 2.20. The molecule has 0 atom stereocenters. The Morgan fingerprint density at radius 3 is 2.60 bits per heavy atom. The van der Waals surface area contributed by atoms with Crippen LogP contribution < -0.4 is 0 Å². The normalized spacial score (nSPS) is 17.2. The molecule has 0 unspecified atom stereocenters. The van der Waals surface area contributed by atoms with Gasteiger partial charge in [0.2, 0.25) is 0 Å². The van der Waals surface area contributed by atoms with Crippen molar-refractivity contribution in [2.45, 2.75) is 6.42 Å². The summed E-state index contributed by atoms with van der Waals surface area (Å²) in [6, 6.07) is 0. The molecule has 0 spiro atoms. The monoisotopic (exact) mass is 87.0 g/mol. The molecule has 0 aromatic heterocycles. The third-order valence-corrected chi connectivity index (χ3v) is 1.03. The van der Waals surface area contributed by atoms with E-state index in [1.165, 1.54) is 0 Å². The smallest absolute Gasteiger partial charge is 0.00865 e. The van der Waals surface area contributed by atoms with E-state index in [0.717, 1.165) is 11.3 Å². The van der Waals surface area contributed by atoms with Crippen LogP contribution >= 0.6 is 0 Å². The van der Waals surface area contributed by atoms with Crippen LogP contribution in [0.1, 0.15) is 6.42 Å². The van der Waals surface area contributed by atoms with Gasteiger partial charge in [-0.3, -0.25) is 0 Å². The van der Waals surface area contributed by atoms with Gasteiger partial charge in [-0.15, -0.1) is 0 Å². The lowest BCUT2D eigenvalue weighted by Crippen LogP contribution is -1.43. The Morgan fingerprint density at radius 1 is 2.00 bits per heavy atom. The topological polar surface area (TPSA) is 17.1 Å². The molecule has 0 radical (unpaired) electrons. The summed E-state index contributed by atoms with van der Waals surface area (Å²) in [6.45, 7) is 0. The summed E-state index contributed by atoms with van der Waals surface area (Å²) in [7, 11) is 0. The Labute approximate surface area is 34.2 Å². The van der Waals surface area contributed by atoms with Crippen molar-refractivity contribution in [1.82, 2.24) is 0 Å². The molecule has 1 rings (SSSR count). The number of rotatable bonds is 1. The van der Waals surface area contributed by atoms with Crippen molar-refractivity contribution in [2.75, 3.05) is 0 Å². The zero-order chi connectivity index (χ0) is 3.70. The van der Waals surface area contributed by atoms with Gasteiger partial charge in [-0.25, -0.2) is 0 Å². The first-order valence-corrected chi connectivity index (χ1v) is 2.16. The lowest BCUT2D eigenvalue weighted by molar-refractivity contribution is 0.608. The van der Waals surface area contributed by atoms with E-state index in [-0.39, 0.29) is 0 Å². The van der Waals surface area contributed by atoms with E-state index < -0.39 is 0 Å². The van der Waals surface area contributed by atoms with Gasteiger partial charge in [-0.1, -0.05) is 0 Å². The highest BCUT2D eigenvalue weighted by Crippen LogP contribution is 2.15. The Balaban J connectivity index is 2.49. The van der Waals surface area contributed by atoms with Gasteiger partial charge < -0.3 is 0 Å². The zero-order valence-corrected chi connectivity index (χ0v) is 3.42. The second kappa shape index (κ2) is 0.863. The Hall–Kier alpha value is -0.240. The number of hydrogen-bond donors (Lipinski definition) is 0. The third kappa shape index (κ3) is 0.514. The van der Waals surface area contributed by atoms with Gasteiger partial charge in [0, 0.05) is 4.21 Å². The first-order valence-electron chi connectivity index (χ1n) is 1.42. The SMILES string of the molecule is O=[S+]C1=CC1. The van der Waals surface area contributed by atoms with Crippen molar-refractivity contribution in [1.29, 1.82) is 0 Å². The summed E-state index contributed by atoms with van der Waals surface area (Å²) in [6.07, 6.45) is 2.87. The molecule has 5 heavy (non-hydrogen) atoms. The molecule has 2 heteroatoms. The van der Waals surface area contributed by atoms with E-state index in [4.69, 9.17) is 0 Å². The van der Waals surface area contributed by atoms with Crippen molar-refractivity contribution < 1.29 is 4.21 Å². The number of allylic oxidation sites excluding steroid dienone is 2. The minimum Gasteiger partial charge on any atom is -0.00865 e. The average molecular weight is 87.1 g/mol. The van der Waals surface area contributed by atoms with Gasteiger partial charge in [0.25, 0.3) is 4.91 Å². The Kier molecular flexibility index (Phi) is 0.513. The highest BCUT2D eigenvalue weighted by atomic mass is 32.1. The third-order valence-electron chi connectivity index (χ3n) is 0.478. The lowest BCUT2D eigenvalue weighted by Gasteiger charge is -1.25. The summed E-state index contributed by atoms with van der Waals surface area (Å²) < 4.78 is 9.54.